The van der Waals surface area contributed by atoms with Crippen LogP contribution in [0.25, 0.3) is 5.57 Å². The highest BCUT2D eigenvalue weighted by Gasteiger charge is 2.21. The van der Waals surface area contributed by atoms with Crippen LogP contribution in [0.3, 0.4) is 0 Å². The van der Waals surface area contributed by atoms with Crippen LogP contribution in [-0.4, -0.2) is 9.65 Å². The molecular weight excluding hydrogens is 304 g/mol. The van der Waals surface area contributed by atoms with Crippen molar-refractivity contribution in [2.75, 3.05) is 0 Å². The maximum atomic E-state index is 3.70. The Kier molecular flexibility index (Phi) is 3.45. The van der Waals surface area contributed by atoms with E-state index in [1.54, 1.807) is 0 Å². The van der Waals surface area contributed by atoms with Crippen LogP contribution in [0.15, 0.2) is 36.4 Å². The van der Waals surface area contributed by atoms with Crippen LogP contribution in [0.4, 0.5) is 0 Å². The molecule has 2 rings (SSSR count). The molecule has 74 valence electrons. The molecule has 0 fully saturated rings. The third-order valence-electron chi connectivity index (χ3n) is 2.54. The van der Waals surface area contributed by atoms with Gasteiger partial charge < -0.3 is 0 Å². The fraction of sp³-hybridized carbons (Fsp3) is 0.333. The Balaban J connectivity index is 2.21. The van der Waals surface area contributed by atoms with E-state index in [2.05, 4.69) is 68.3 Å². The SMILES string of the molecule is BrC1CC=C(c2ccccc2)CC1Br. The zero-order valence-corrected chi connectivity index (χ0v) is 11.0. The summed E-state index contributed by atoms with van der Waals surface area (Å²) < 4.78 is 0. The molecule has 0 heterocycles. The van der Waals surface area contributed by atoms with Gasteiger partial charge in [0.25, 0.3) is 0 Å². The molecule has 0 saturated heterocycles. The summed E-state index contributed by atoms with van der Waals surface area (Å²) in [6.07, 6.45) is 4.56. The first-order chi connectivity index (χ1) is 6.77. The van der Waals surface area contributed by atoms with Crippen LogP contribution in [0.5, 0.6) is 0 Å². The number of hydrogen-bond donors (Lipinski definition) is 0. The fourth-order valence-corrected chi connectivity index (χ4v) is 2.65. The van der Waals surface area contributed by atoms with Crippen molar-refractivity contribution in [3.63, 3.8) is 0 Å². The first-order valence-corrected chi connectivity index (χ1v) is 6.63. The molecule has 0 N–H and O–H groups in total. The summed E-state index contributed by atoms with van der Waals surface area (Å²) in [6.45, 7) is 0. The predicted molar refractivity (Wildman–Crippen MR) is 69.1 cm³/mol. The molecule has 0 aliphatic heterocycles. The van der Waals surface area contributed by atoms with Crippen molar-refractivity contribution in [2.24, 2.45) is 0 Å². The lowest BCUT2D eigenvalue weighted by Gasteiger charge is -2.23. The van der Waals surface area contributed by atoms with Crippen molar-refractivity contribution in [1.29, 1.82) is 0 Å². The van der Waals surface area contributed by atoms with E-state index in [0.29, 0.717) is 9.65 Å². The van der Waals surface area contributed by atoms with Crippen molar-refractivity contribution < 1.29 is 0 Å². The quantitative estimate of drug-likeness (QED) is 0.674. The summed E-state index contributed by atoms with van der Waals surface area (Å²) >= 11 is 7.37. The van der Waals surface area contributed by atoms with E-state index < -0.39 is 0 Å². The van der Waals surface area contributed by atoms with Crippen molar-refractivity contribution in [1.82, 2.24) is 0 Å². The molecule has 0 spiro atoms. The van der Waals surface area contributed by atoms with Crippen LogP contribution in [-0.2, 0) is 0 Å². The largest absolute Gasteiger partial charge is 0.0875 e. The summed E-state index contributed by atoms with van der Waals surface area (Å²) in [7, 11) is 0. The number of benzene rings is 1. The molecule has 0 nitrogen and oxygen atoms in total. The smallest absolute Gasteiger partial charge is 0.0314 e. The minimum Gasteiger partial charge on any atom is -0.0875 e. The molecular formula is C12H12Br2. The highest BCUT2D eigenvalue weighted by Crippen LogP contribution is 2.34. The first kappa shape index (κ1) is 10.4. The second kappa shape index (κ2) is 4.63. The third-order valence-corrected chi connectivity index (χ3v) is 5.22. The number of alkyl halides is 2. The van der Waals surface area contributed by atoms with Crippen LogP contribution in [0.1, 0.15) is 18.4 Å². The van der Waals surface area contributed by atoms with Gasteiger partial charge in [-0.05, 0) is 24.0 Å². The van der Waals surface area contributed by atoms with Crippen LogP contribution >= 0.6 is 31.9 Å². The number of rotatable bonds is 1. The Morgan fingerprint density at radius 1 is 1.00 bits per heavy atom. The van der Waals surface area contributed by atoms with Gasteiger partial charge in [0.1, 0.15) is 0 Å². The van der Waals surface area contributed by atoms with E-state index >= 15 is 0 Å². The summed E-state index contributed by atoms with van der Waals surface area (Å²) in [5.41, 5.74) is 2.82. The summed E-state index contributed by atoms with van der Waals surface area (Å²) in [4.78, 5) is 1.14. The number of halogens is 2. The third kappa shape index (κ3) is 2.29. The normalized spacial score (nSPS) is 27.1. The Morgan fingerprint density at radius 2 is 1.71 bits per heavy atom. The molecule has 0 aromatic heterocycles. The molecule has 0 radical (unpaired) electrons. The maximum Gasteiger partial charge on any atom is 0.0314 e. The first-order valence-electron chi connectivity index (χ1n) is 4.80. The van der Waals surface area contributed by atoms with Crippen molar-refractivity contribution >= 4 is 37.4 Å². The molecule has 1 aromatic carbocycles. The topological polar surface area (TPSA) is 0 Å². The lowest BCUT2D eigenvalue weighted by Crippen LogP contribution is -2.17. The molecule has 2 unspecified atom stereocenters. The lowest BCUT2D eigenvalue weighted by molar-refractivity contribution is 0.802. The zero-order valence-electron chi connectivity index (χ0n) is 7.79. The number of allylic oxidation sites excluding steroid dienone is 2. The molecule has 0 bridgehead atoms. The maximum absolute atomic E-state index is 3.70. The Bertz CT molecular complexity index is 329. The van der Waals surface area contributed by atoms with Gasteiger partial charge in [0.05, 0.1) is 0 Å². The van der Waals surface area contributed by atoms with E-state index in [1.807, 2.05) is 0 Å². The average molecular weight is 316 g/mol. The van der Waals surface area contributed by atoms with Gasteiger partial charge in [-0.25, -0.2) is 0 Å². The predicted octanol–water partition coefficient (Wildman–Crippen LogP) is 4.39. The monoisotopic (exact) mass is 314 g/mol. The Morgan fingerprint density at radius 3 is 2.36 bits per heavy atom. The van der Waals surface area contributed by atoms with Crippen molar-refractivity contribution in [3.05, 3.63) is 42.0 Å². The summed E-state index contributed by atoms with van der Waals surface area (Å²) in [6, 6.07) is 10.6. The van der Waals surface area contributed by atoms with E-state index in [4.69, 9.17) is 0 Å². The highest BCUT2D eigenvalue weighted by molar-refractivity contribution is 9.12. The minimum atomic E-state index is 0.558. The van der Waals surface area contributed by atoms with E-state index in [9.17, 15) is 0 Å². The molecule has 14 heavy (non-hydrogen) atoms. The van der Waals surface area contributed by atoms with Crippen LogP contribution in [0, 0.1) is 0 Å². The van der Waals surface area contributed by atoms with E-state index in [1.165, 1.54) is 11.1 Å². The van der Waals surface area contributed by atoms with Crippen molar-refractivity contribution in [2.45, 2.75) is 22.5 Å². The van der Waals surface area contributed by atoms with Crippen molar-refractivity contribution in [3.8, 4) is 0 Å². The standard InChI is InChI=1S/C12H12Br2/c13-11-7-6-10(8-12(11)14)9-4-2-1-3-5-9/h1-6,11-12H,7-8H2. The zero-order chi connectivity index (χ0) is 9.97. The van der Waals surface area contributed by atoms with Gasteiger partial charge in [0, 0.05) is 9.65 Å². The molecule has 1 aliphatic carbocycles. The highest BCUT2D eigenvalue weighted by atomic mass is 79.9. The van der Waals surface area contributed by atoms with E-state index in [0.717, 1.165) is 12.8 Å². The van der Waals surface area contributed by atoms with E-state index in [-0.39, 0.29) is 0 Å². The number of hydrogen-bond acceptors (Lipinski definition) is 0. The molecule has 2 atom stereocenters. The van der Waals surface area contributed by atoms with Crippen LogP contribution in [0.2, 0.25) is 0 Å². The second-order valence-corrected chi connectivity index (χ2v) is 5.92. The summed E-state index contributed by atoms with van der Waals surface area (Å²) in [5.74, 6) is 0. The van der Waals surface area contributed by atoms with Gasteiger partial charge in [0.2, 0.25) is 0 Å². The molecule has 1 aliphatic rings. The van der Waals surface area contributed by atoms with Gasteiger partial charge >= 0.3 is 0 Å². The van der Waals surface area contributed by atoms with Gasteiger partial charge in [0.15, 0.2) is 0 Å². The van der Waals surface area contributed by atoms with Gasteiger partial charge in [-0.3, -0.25) is 0 Å². The van der Waals surface area contributed by atoms with Crippen LogP contribution < -0.4 is 0 Å². The van der Waals surface area contributed by atoms with Gasteiger partial charge in [-0.15, -0.1) is 0 Å². The Hall–Kier alpha value is -0.0800. The Labute approximate surface area is 102 Å². The fourth-order valence-electron chi connectivity index (χ4n) is 1.71. The molecule has 0 amide bonds. The summed E-state index contributed by atoms with van der Waals surface area (Å²) in [5, 5.41) is 0. The second-order valence-electron chi connectivity index (χ2n) is 3.57. The molecule has 2 heteroatoms. The molecule has 0 saturated carbocycles. The average Bonchev–Trinajstić information content (AvgIpc) is 2.23. The lowest BCUT2D eigenvalue weighted by atomic mass is 9.94. The van der Waals surface area contributed by atoms with Gasteiger partial charge in [-0.2, -0.15) is 0 Å². The minimum absolute atomic E-state index is 0.558. The van der Waals surface area contributed by atoms with Gasteiger partial charge in [-0.1, -0.05) is 68.3 Å². The molecule has 1 aromatic rings.